The van der Waals surface area contributed by atoms with Crippen molar-refractivity contribution in [2.24, 2.45) is 5.92 Å². The van der Waals surface area contributed by atoms with Gasteiger partial charge >= 0.3 is 6.03 Å². The number of nitrogens with one attached hydrogen (secondary N) is 3. The highest BCUT2D eigenvalue weighted by molar-refractivity contribution is 5.87. The van der Waals surface area contributed by atoms with Gasteiger partial charge in [0, 0.05) is 13.1 Å². The summed E-state index contributed by atoms with van der Waals surface area (Å²) >= 11 is 0. The number of hydrogen-bond acceptors (Lipinski definition) is 2. The Balaban J connectivity index is 1.76. The van der Waals surface area contributed by atoms with Gasteiger partial charge in [-0.15, -0.1) is 0 Å². The molecule has 0 unspecified atom stereocenters. The summed E-state index contributed by atoms with van der Waals surface area (Å²) in [6.45, 7) is 4.34. The summed E-state index contributed by atoms with van der Waals surface area (Å²) in [5.74, 6) is -1.04. The van der Waals surface area contributed by atoms with Crippen LogP contribution in [0.25, 0.3) is 0 Å². The van der Waals surface area contributed by atoms with Gasteiger partial charge in [-0.25, -0.2) is 13.6 Å². The van der Waals surface area contributed by atoms with E-state index < -0.39 is 12.1 Å². The first-order valence-electron chi connectivity index (χ1n) is 9.66. The summed E-state index contributed by atoms with van der Waals surface area (Å²) in [4.78, 5) is 24.6. The van der Waals surface area contributed by atoms with Crippen LogP contribution in [-0.2, 0) is 17.6 Å². The molecular weight excluding hydrogens is 376 g/mol. The molecule has 0 saturated carbocycles. The molecule has 1 atom stereocenters. The Morgan fingerprint density at radius 3 is 1.86 bits per heavy atom. The Morgan fingerprint density at radius 2 is 1.38 bits per heavy atom. The van der Waals surface area contributed by atoms with Gasteiger partial charge in [-0.1, -0.05) is 38.1 Å². The number of halogens is 2. The maximum Gasteiger partial charge on any atom is 0.315 e. The van der Waals surface area contributed by atoms with Crippen molar-refractivity contribution in [3.63, 3.8) is 0 Å². The molecular formula is C22H27F2N3O2. The van der Waals surface area contributed by atoms with Crippen LogP contribution in [-0.4, -0.2) is 31.1 Å². The van der Waals surface area contributed by atoms with Gasteiger partial charge in [0.25, 0.3) is 0 Å². The van der Waals surface area contributed by atoms with Crippen LogP contribution in [0.2, 0.25) is 0 Å². The minimum absolute atomic E-state index is 0.113. The molecule has 0 aliphatic carbocycles. The average Bonchev–Trinajstić information content (AvgIpc) is 2.66. The molecule has 29 heavy (non-hydrogen) atoms. The zero-order valence-corrected chi connectivity index (χ0v) is 16.7. The van der Waals surface area contributed by atoms with Crippen molar-refractivity contribution in [3.05, 3.63) is 71.3 Å². The molecule has 3 amide bonds. The first kappa shape index (κ1) is 22.3. The van der Waals surface area contributed by atoms with Crippen molar-refractivity contribution >= 4 is 11.9 Å². The highest BCUT2D eigenvalue weighted by Crippen LogP contribution is 2.06. The Hall–Kier alpha value is -2.96. The topological polar surface area (TPSA) is 70.2 Å². The van der Waals surface area contributed by atoms with Crippen molar-refractivity contribution in [3.8, 4) is 0 Å². The average molecular weight is 403 g/mol. The van der Waals surface area contributed by atoms with Gasteiger partial charge in [-0.3, -0.25) is 4.79 Å². The summed E-state index contributed by atoms with van der Waals surface area (Å²) in [7, 11) is 0. The number of hydrogen-bond donors (Lipinski definition) is 3. The van der Waals surface area contributed by atoms with E-state index in [9.17, 15) is 18.4 Å². The number of benzene rings is 2. The molecule has 156 valence electrons. The fourth-order valence-electron chi connectivity index (χ4n) is 2.87. The van der Waals surface area contributed by atoms with Gasteiger partial charge in [0.05, 0.1) is 0 Å². The Kier molecular flexibility index (Phi) is 8.58. The third-order valence-corrected chi connectivity index (χ3v) is 4.43. The van der Waals surface area contributed by atoms with E-state index in [0.717, 1.165) is 11.1 Å². The van der Waals surface area contributed by atoms with Crippen molar-refractivity contribution in [1.29, 1.82) is 0 Å². The monoisotopic (exact) mass is 403 g/mol. The van der Waals surface area contributed by atoms with Gasteiger partial charge < -0.3 is 16.0 Å². The lowest BCUT2D eigenvalue weighted by molar-refractivity contribution is -0.123. The van der Waals surface area contributed by atoms with Crippen molar-refractivity contribution in [2.75, 3.05) is 13.1 Å². The first-order chi connectivity index (χ1) is 13.8. The minimum atomic E-state index is -0.698. The number of carbonyl (C=O) groups excluding carboxylic acids is 2. The molecule has 0 aliphatic heterocycles. The van der Waals surface area contributed by atoms with Crippen molar-refractivity contribution in [1.82, 2.24) is 16.0 Å². The van der Waals surface area contributed by atoms with Crippen LogP contribution < -0.4 is 16.0 Å². The van der Waals surface area contributed by atoms with E-state index in [1.165, 1.54) is 24.3 Å². The molecule has 0 saturated heterocycles. The predicted octanol–water partition coefficient (Wildman–Crippen LogP) is 3.19. The van der Waals surface area contributed by atoms with Crippen LogP contribution in [0, 0.1) is 17.6 Å². The smallest absolute Gasteiger partial charge is 0.315 e. The lowest BCUT2D eigenvalue weighted by Gasteiger charge is -2.22. The Bertz CT molecular complexity index is 827. The molecule has 2 aromatic rings. The largest absolute Gasteiger partial charge is 0.354 e. The quantitative estimate of drug-likeness (QED) is 0.602. The maximum atomic E-state index is 13.2. The van der Waals surface area contributed by atoms with E-state index in [1.807, 2.05) is 13.8 Å². The van der Waals surface area contributed by atoms with E-state index in [1.54, 1.807) is 24.3 Å². The molecule has 0 bridgehead atoms. The molecule has 0 fully saturated rings. The van der Waals surface area contributed by atoms with Gasteiger partial charge in [0.1, 0.15) is 17.7 Å². The molecule has 0 radical (unpaired) electrons. The van der Waals surface area contributed by atoms with Gasteiger partial charge in [-0.05, 0) is 54.2 Å². The summed E-state index contributed by atoms with van der Waals surface area (Å²) in [6, 6.07) is 11.2. The van der Waals surface area contributed by atoms with Crippen LogP contribution in [0.5, 0.6) is 0 Å². The second-order valence-electron chi connectivity index (χ2n) is 7.17. The lowest BCUT2D eigenvalue weighted by atomic mass is 10.0. The third-order valence-electron chi connectivity index (χ3n) is 4.43. The van der Waals surface area contributed by atoms with Crippen LogP contribution in [0.1, 0.15) is 25.0 Å². The molecule has 0 spiro atoms. The first-order valence-corrected chi connectivity index (χ1v) is 9.66. The lowest BCUT2D eigenvalue weighted by Crippen LogP contribution is -2.53. The van der Waals surface area contributed by atoms with Crippen LogP contribution in [0.4, 0.5) is 13.6 Å². The summed E-state index contributed by atoms with van der Waals surface area (Å²) < 4.78 is 26.4. The molecule has 7 heteroatoms. The van der Waals surface area contributed by atoms with Crippen LogP contribution in [0.3, 0.4) is 0 Å². The fraction of sp³-hybridized carbons (Fsp3) is 0.364. The number of rotatable bonds is 9. The van der Waals surface area contributed by atoms with Crippen molar-refractivity contribution < 1.29 is 18.4 Å². The second kappa shape index (κ2) is 11.1. The van der Waals surface area contributed by atoms with E-state index in [2.05, 4.69) is 16.0 Å². The van der Waals surface area contributed by atoms with Crippen LogP contribution >= 0.6 is 0 Å². The van der Waals surface area contributed by atoms with Crippen LogP contribution in [0.15, 0.2) is 48.5 Å². The van der Waals surface area contributed by atoms with E-state index in [4.69, 9.17) is 0 Å². The number of carbonyl (C=O) groups is 2. The summed E-state index contributed by atoms with van der Waals surface area (Å²) in [5.41, 5.74) is 1.57. The molecule has 0 aliphatic rings. The molecule has 0 aromatic heterocycles. The molecule has 3 N–H and O–H groups in total. The van der Waals surface area contributed by atoms with Gasteiger partial charge in [-0.2, -0.15) is 0 Å². The molecule has 0 heterocycles. The Labute approximate surface area is 169 Å². The van der Waals surface area contributed by atoms with Gasteiger partial charge in [0.2, 0.25) is 5.91 Å². The third kappa shape index (κ3) is 7.89. The van der Waals surface area contributed by atoms with E-state index >= 15 is 0 Å². The van der Waals surface area contributed by atoms with E-state index in [-0.39, 0.29) is 23.5 Å². The number of urea groups is 1. The Morgan fingerprint density at radius 1 is 0.862 bits per heavy atom. The van der Waals surface area contributed by atoms with Crippen molar-refractivity contribution in [2.45, 2.75) is 32.7 Å². The highest BCUT2D eigenvalue weighted by Gasteiger charge is 2.23. The highest BCUT2D eigenvalue weighted by atomic mass is 19.1. The maximum absolute atomic E-state index is 13.2. The zero-order valence-electron chi connectivity index (χ0n) is 16.7. The predicted molar refractivity (Wildman–Crippen MR) is 108 cm³/mol. The minimum Gasteiger partial charge on any atom is -0.354 e. The molecule has 2 rings (SSSR count). The summed E-state index contributed by atoms with van der Waals surface area (Å²) in [6.07, 6.45) is 0.978. The SMILES string of the molecule is CC(C)[C@H](NC(=O)NCCc1cccc(F)c1)C(=O)NCCc1cccc(F)c1. The van der Waals surface area contributed by atoms with Gasteiger partial charge in [0.15, 0.2) is 0 Å². The molecule has 5 nitrogen and oxygen atoms in total. The fourth-order valence-corrected chi connectivity index (χ4v) is 2.87. The molecule has 2 aromatic carbocycles. The normalized spacial score (nSPS) is 11.8. The number of amides is 3. The zero-order chi connectivity index (χ0) is 21.2. The summed E-state index contributed by atoms with van der Waals surface area (Å²) in [5, 5.41) is 8.14. The standard InChI is InChI=1S/C22H27F2N3O2/c1-15(2)20(21(28)25-11-9-16-5-3-7-18(23)13-16)27-22(29)26-12-10-17-6-4-8-19(24)14-17/h3-8,13-15,20H,9-12H2,1-2H3,(H,25,28)(H2,26,27,29)/t20-/m0/s1. The second-order valence-corrected chi connectivity index (χ2v) is 7.17. The van der Waals surface area contributed by atoms with E-state index in [0.29, 0.717) is 25.9 Å².